The van der Waals surface area contributed by atoms with Crippen molar-refractivity contribution in [1.82, 2.24) is 10.2 Å². The zero-order valence-corrected chi connectivity index (χ0v) is 16.3. The Hall–Kier alpha value is -1.73. The molecule has 0 saturated carbocycles. The topological polar surface area (TPSA) is 86.7 Å². The summed E-state index contributed by atoms with van der Waals surface area (Å²) in [6.07, 6.45) is 0. The van der Waals surface area contributed by atoms with Gasteiger partial charge >= 0.3 is 5.97 Å². The number of thioether (sulfide) groups is 1. The molecule has 2 N–H and O–H groups in total. The third-order valence-electron chi connectivity index (χ3n) is 5.00. The van der Waals surface area contributed by atoms with Gasteiger partial charge in [0.05, 0.1) is 5.92 Å². The third kappa shape index (κ3) is 3.07. The van der Waals surface area contributed by atoms with E-state index >= 15 is 0 Å². The van der Waals surface area contributed by atoms with E-state index in [1.807, 2.05) is 38.1 Å². The maximum absolute atomic E-state index is 12.6. The number of amides is 2. The number of nitrogens with one attached hydrogen (secondary N) is 1. The highest BCUT2D eigenvalue weighted by Gasteiger charge is 2.64. The molecule has 1 aromatic carbocycles. The number of carboxylic acid groups (broad SMARTS) is 1. The Kier molecular flexibility index (Phi) is 4.96. The monoisotopic (exact) mass is 396 g/mol. The molecule has 26 heavy (non-hydrogen) atoms. The van der Waals surface area contributed by atoms with E-state index in [-0.39, 0.29) is 17.2 Å². The Morgan fingerprint density at radius 3 is 2.50 bits per heavy atom. The van der Waals surface area contributed by atoms with E-state index < -0.39 is 28.7 Å². The largest absolute Gasteiger partial charge is 0.480 e. The first-order valence-electron chi connectivity index (χ1n) is 8.35. The van der Waals surface area contributed by atoms with Gasteiger partial charge in [-0.3, -0.25) is 9.59 Å². The van der Waals surface area contributed by atoms with Crippen molar-refractivity contribution in [3.05, 3.63) is 35.4 Å². The number of aliphatic carboxylic acids is 1. The van der Waals surface area contributed by atoms with Crippen LogP contribution in [-0.4, -0.2) is 50.0 Å². The lowest BCUT2D eigenvalue weighted by Gasteiger charge is -2.43. The number of carboxylic acids is 1. The normalized spacial score (nSPS) is 27.5. The SMILES string of the molecule is CC(C(=O)NC1C(=O)N2C1SC(C)(C)C2C(=O)O)c1ccc(CCl)cc1. The first-order chi connectivity index (χ1) is 12.2. The Morgan fingerprint density at radius 1 is 1.35 bits per heavy atom. The van der Waals surface area contributed by atoms with Crippen LogP contribution in [0.1, 0.15) is 37.8 Å². The zero-order valence-electron chi connectivity index (χ0n) is 14.7. The average molecular weight is 397 g/mol. The van der Waals surface area contributed by atoms with Crippen molar-refractivity contribution >= 4 is 41.1 Å². The van der Waals surface area contributed by atoms with Gasteiger partial charge in [-0.1, -0.05) is 24.3 Å². The van der Waals surface area contributed by atoms with Crippen molar-refractivity contribution in [1.29, 1.82) is 0 Å². The molecule has 2 heterocycles. The van der Waals surface area contributed by atoms with Gasteiger partial charge in [0.2, 0.25) is 11.8 Å². The number of hydrogen-bond acceptors (Lipinski definition) is 4. The molecule has 2 amide bonds. The van der Waals surface area contributed by atoms with Crippen molar-refractivity contribution in [3.63, 3.8) is 0 Å². The summed E-state index contributed by atoms with van der Waals surface area (Å²) in [4.78, 5) is 37.9. The minimum atomic E-state index is -1.02. The molecule has 2 saturated heterocycles. The van der Waals surface area contributed by atoms with Gasteiger partial charge in [-0.25, -0.2) is 4.79 Å². The van der Waals surface area contributed by atoms with E-state index in [4.69, 9.17) is 11.6 Å². The van der Waals surface area contributed by atoms with E-state index in [1.54, 1.807) is 6.92 Å². The number of fused-ring (bicyclic) bond motifs is 1. The van der Waals surface area contributed by atoms with Crippen molar-refractivity contribution in [2.24, 2.45) is 0 Å². The number of rotatable bonds is 5. The number of benzene rings is 1. The summed E-state index contributed by atoms with van der Waals surface area (Å²) < 4.78 is -0.603. The Morgan fingerprint density at radius 2 is 1.96 bits per heavy atom. The first-order valence-corrected chi connectivity index (χ1v) is 9.76. The first kappa shape index (κ1) is 19.0. The summed E-state index contributed by atoms with van der Waals surface area (Å²) >= 11 is 7.19. The highest BCUT2D eigenvalue weighted by atomic mass is 35.5. The lowest BCUT2D eigenvalue weighted by atomic mass is 9.94. The van der Waals surface area contributed by atoms with Gasteiger partial charge in [-0.2, -0.15) is 0 Å². The maximum Gasteiger partial charge on any atom is 0.327 e. The number of β-lactam (4-membered cyclic amide) rings is 1. The fourth-order valence-electron chi connectivity index (χ4n) is 3.47. The number of carbonyl (C=O) groups is 3. The molecule has 0 bridgehead atoms. The van der Waals surface area contributed by atoms with Crippen LogP contribution in [0.5, 0.6) is 0 Å². The molecule has 6 nitrogen and oxygen atoms in total. The van der Waals surface area contributed by atoms with Crippen LogP contribution >= 0.6 is 23.4 Å². The molecular weight excluding hydrogens is 376 g/mol. The standard InChI is InChI=1S/C18H21ClN2O4S/c1-9(11-6-4-10(8-19)5-7-11)14(22)20-12-15(23)21-13(17(24)25)18(2,3)26-16(12)21/h4-7,9,12-13,16H,8H2,1-3H3,(H,20,22)(H,24,25). The molecule has 3 rings (SSSR count). The minimum Gasteiger partial charge on any atom is -0.480 e. The Bertz CT molecular complexity index is 752. The molecule has 2 fully saturated rings. The van der Waals surface area contributed by atoms with Gasteiger partial charge in [-0.05, 0) is 31.9 Å². The Labute approximate surface area is 161 Å². The van der Waals surface area contributed by atoms with Crippen molar-refractivity contribution in [2.45, 2.75) is 54.8 Å². The number of carbonyl (C=O) groups excluding carboxylic acids is 2. The molecule has 140 valence electrons. The number of nitrogens with zero attached hydrogens (tertiary/aromatic N) is 1. The van der Waals surface area contributed by atoms with Crippen molar-refractivity contribution in [3.8, 4) is 0 Å². The second-order valence-electron chi connectivity index (χ2n) is 7.18. The lowest BCUT2D eigenvalue weighted by Crippen LogP contribution is -2.70. The maximum atomic E-state index is 12.6. The van der Waals surface area contributed by atoms with Gasteiger partial charge in [-0.15, -0.1) is 23.4 Å². The number of alkyl halides is 1. The number of halogens is 1. The van der Waals surface area contributed by atoms with E-state index in [2.05, 4.69) is 5.32 Å². The molecule has 2 aliphatic rings. The van der Waals surface area contributed by atoms with Crippen LogP contribution in [0, 0.1) is 0 Å². The molecule has 2 aliphatic heterocycles. The summed E-state index contributed by atoms with van der Waals surface area (Å²) in [5.41, 5.74) is 1.81. The molecule has 4 atom stereocenters. The lowest BCUT2D eigenvalue weighted by molar-refractivity contribution is -0.161. The van der Waals surface area contributed by atoms with Gasteiger partial charge < -0.3 is 15.3 Å². The molecular formula is C18H21ClN2O4S. The van der Waals surface area contributed by atoms with Crippen LogP contribution in [0.25, 0.3) is 0 Å². The van der Waals surface area contributed by atoms with E-state index in [1.165, 1.54) is 16.7 Å². The second kappa shape index (κ2) is 6.78. The summed E-state index contributed by atoms with van der Waals surface area (Å²) in [7, 11) is 0. The van der Waals surface area contributed by atoms with Crippen molar-refractivity contribution in [2.75, 3.05) is 0 Å². The molecule has 0 spiro atoms. The fraction of sp³-hybridized carbons (Fsp3) is 0.500. The molecule has 8 heteroatoms. The summed E-state index contributed by atoms with van der Waals surface area (Å²) in [6.45, 7) is 5.39. The quantitative estimate of drug-likeness (QED) is 0.588. The van der Waals surface area contributed by atoms with E-state index in [9.17, 15) is 19.5 Å². The second-order valence-corrected chi connectivity index (χ2v) is 9.22. The van der Waals surface area contributed by atoms with Crippen LogP contribution in [0.2, 0.25) is 0 Å². The molecule has 0 aromatic heterocycles. The summed E-state index contributed by atoms with van der Waals surface area (Å²) in [5, 5.41) is 11.9. The molecule has 4 unspecified atom stereocenters. The predicted molar refractivity (Wildman–Crippen MR) is 100 cm³/mol. The smallest absolute Gasteiger partial charge is 0.327 e. The number of hydrogen-bond donors (Lipinski definition) is 2. The van der Waals surface area contributed by atoms with E-state index in [0.717, 1.165) is 11.1 Å². The van der Waals surface area contributed by atoms with Crippen LogP contribution in [-0.2, 0) is 20.3 Å². The van der Waals surface area contributed by atoms with Gasteiger partial charge in [0, 0.05) is 10.6 Å². The molecule has 0 radical (unpaired) electrons. The van der Waals surface area contributed by atoms with Crippen LogP contribution in [0.4, 0.5) is 0 Å². The van der Waals surface area contributed by atoms with Crippen LogP contribution in [0.15, 0.2) is 24.3 Å². The van der Waals surface area contributed by atoms with Crippen molar-refractivity contribution < 1.29 is 19.5 Å². The zero-order chi connectivity index (χ0) is 19.2. The highest BCUT2D eigenvalue weighted by molar-refractivity contribution is 8.01. The van der Waals surface area contributed by atoms with Gasteiger partial charge in [0.1, 0.15) is 17.5 Å². The minimum absolute atomic E-state index is 0.251. The van der Waals surface area contributed by atoms with Crippen LogP contribution < -0.4 is 5.32 Å². The molecule has 0 aliphatic carbocycles. The van der Waals surface area contributed by atoms with Crippen LogP contribution in [0.3, 0.4) is 0 Å². The van der Waals surface area contributed by atoms with Gasteiger partial charge in [0.15, 0.2) is 0 Å². The summed E-state index contributed by atoms with van der Waals surface area (Å²) in [6, 6.07) is 5.89. The highest BCUT2D eigenvalue weighted by Crippen LogP contribution is 2.50. The van der Waals surface area contributed by atoms with Gasteiger partial charge in [0.25, 0.3) is 0 Å². The molecule has 1 aromatic rings. The summed E-state index contributed by atoms with van der Waals surface area (Å²) in [5.74, 6) is -1.61. The Balaban J connectivity index is 1.69. The predicted octanol–water partition coefficient (Wildman–Crippen LogP) is 2.16. The average Bonchev–Trinajstić information content (AvgIpc) is 2.87. The fourth-order valence-corrected chi connectivity index (χ4v) is 5.27. The third-order valence-corrected chi connectivity index (χ3v) is 6.88. The van der Waals surface area contributed by atoms with E-state index in [0.29, 0.717) is 5.88 Å².